The molecule has 1 fully saturated rings. The van der Waals surface area contributed by atoms with Gasteiger partial charge in [0.15, 0.2) is 12.1 Å². The Morgan fingerprint density at radius 2 is 1.68 bits per heavy atom. The van der Waals surface area contributed by atoms with E-state index in [4.69, 9.17) is 9.47 Å². The van der Waals surface area contributed by atoms with E-state index in [1.54, 1.807) is 48.5 Å². The quantitative estimate of drug-likeness (QED) is 0.414. The highest BCUT2D eigenvalue weighted by molar-refractivity contribution is 6.06. The van der Waals surface area contributed by atoms with Gasteiger partial charge in [0.2, 0.25) is 5.91 Å². The molecule has 1 aliphatic rings. The third-order valence-corrected chi connectivity index (χ3v) is 6.36. The summed E-state index contributed by atoms with van der Waals surface area (Å²) >= 11 is 0. The van der Waals surface area contributed by atoms with Gasteiger partial charge in [0.05, 0.1) is 19.2 Å². The standard InChI is InChI=1S/C30H33N3O5/c1-19(2)17-31-29(35)26-27(38-30(36)33(26)18-21-11-9-20(3)10-12-21)22-13-15-23(16-14-22)32-28(34)24-7-5-6-8-25(24)37-4/h5-16,19,26-27H,17-18H2,1-4H3,(H,31,35)(H,32,34)/t26-,27+/m1/s1. The highest BCUT2D eigenvalue weighted by atomic mass is 16.6. The summed E-state index contributed by atoms with van der Waals surface area (Å²) in [6.07, 6.45) is -1.34. The van der Waals surface area contributed by atoms with Gasteiger partial charge in [-0.15, -0.1) is 0 Å². The molecule has 0 unspecified atom stereocenters. The number of nitrogens with one attached hydrogen (secondary N) is 2. The van der Waals surface area contributed by atoms with Gasteiger partial charge in [0.25, 0.3) is 5.91 Å². The molecule has 38 heavy (non-hydrogen) atoms. The molecule has 0 radical (unpaired) electrons. The summed E-state index contributed by atoms with van der Waals surface area (Å²) in [5, 5.41) is 5.81. The van der Waals surface area contributed by atoms with E-state index >= 15 is 0 Å². The molecule has 1 aliphatic heterocycles. The highest BCUT2D eigenvalue weighted by Gasteiger charge is 2.46. The van der Waals surface area contributed by atoms with Crippen molar-refractivity contribution < 1.29 is 23.9 Å². The van der Waals surface area contributed by atoms with Gasteiger partial charge in [0, 0.05) is 12.2 Å². The lowest BCUT2D eigenvalue weighted by Gasteiger charge is -2.24. The molecule has 0 saturated carbocycles. The fourth-order valence-corrected chi connectivity index (χ4v) is 4.30. The van der Waals surface area contributed by atoms with Crippen LogP contribution in [-0.4, -0.2) is 42.5 Å². The summed E-state index contributed by atoms with van der Waals surface area (Å²) < 4.78 is 11.0. The Morgan fingerprint density at radius 3 is 2.34 bits per heavy atom. The number of amides is 3. The van der Waals surface area contributed by atoms with Crippen LogP contribution in [-0.2, 0) is 16.1 Å². The van der Waals surface area contributed by atoms with Crippen LogP contribution in [0.1, 0.15) is 47.0 Å². The molecular formula is C30H33N3O5. The number of rotatable bonds is 9. The van der Waals surface area contributed by atoms with Crippen molar-refractivity contribution in [2.75, 3.05) is 19.0 Å². The Balaban J connectivity index is 1.55. The fourth-order valence-electron chi connectivity index (χ4n) is 4.30. The maximum Gasteiger partial charge on any atom is 0.411 e. The summed E-state index contributed by atoms with van der Waals surface area (Å²) in [5.74, 6) is 0.156. The zero-order chi connectivity index (χ0) is 27.2. The number of nitrogens with zero attached hydrogens (tertiary/aromatic N) is 1. The third-order valence-electron chi connectivity index (χ3n) is 6.36. The molecule has 0 aromatic heterocycles. The zero-order valence-electron chi connectivity index (χ0n) is 22.1. The molecule has 1 saturated heterocycles. The van der Waals surface area contributed by atoms with Crippen LogP contribution < -0.4 is 15.4 Å². The van der Waals surface area contributed by atoms with Gasteiger partial charge in [-0.3, -0.25) is 14.5 Å². The third kappa shape index (κ3) is 6.14. The average Bonchev–Trinajstić information content (AvgIpc) is 3.24. The number of hydrogen-bond acceptors (Lipinski definition) is 5. The number of benzene rings is 3. The van der Waals surface area contributed by atoms with Crippen LogP contribution in [0.25, 0.3) is 0 Å². The Hall–Kier alpha value is -4.33. The lowest BCUT2D eigenvalue weighted by atomic mass is 10.00. The zero-order valence-corrected chi connectivity index (χ0v) is 22.1. The molecule has 3 amide bonds. The van der Waals surface area contributed by atoms with Gasteiger partial charge in [-0.25, -0.2) is 4.79 Å². The van der Waals surface area contributed by atoms with Crippen LogP contribution in [0.2, 0.25) is 0 Å². The summed E-state index contributed by atoms with van der Waals surface area (Å²) in [5.41, 5.74) is 3.65. The van der Waals surface area contributed by atoms with Gasteiger partial charge < -0.3 is 20.1 Å². The minimum atomic E-state index is -0.837. The Bertz CT molecular complexity index is 1290. The van der Waals surface area contributed by atoms with Crippen LogP contribution in [0.3, 0.4) is 0 Å². The van der Waals surface area contributed by atoms with E-state index in [9.17, 15) is 14.4 Å². The van der Waals surface area contributed by atoms with E-state index in [1.807, 2.05) is 45.0 Å². The van der Waals surface area contributed by atoms with Crippen molar-refractivity contribution in [1.29, 1.82) is 0 Å². The SMILES string of the molecule is COc1ccccc1C(=O)Nc1ccc([C@@H]2OC(=O)N(Cc3ccc(C)cc3)[C@H]2C(=O)NCC(C)C)cc1. The first kappa shape index (κ1) is 26.7. The second kappa shape index (κ2) is 11.8. The molecule has 0 bridgehead atoms. The molecule has 1 heterocycles. The predicted molar refractivity (Wildman–Crippen MR) is 145 cm³/mol. The maximum atomic E-state index is 13.3. The van der Waals surface area contributed by atoms with Crippen molar-refractivity contribution >= 4 is 23.6 Å². The van der Waals surface area contributed by atoms with E-state index < -0.39 is 18.2 Å². The largest absolute Gasteiger partial charge is 0.496 e. The minimum absolute atomic E-state index is 0.252. The summed E-state index contributed by atoms with van der Waals surface area (Å²) in [6, 6.07) is 20.9. The molecule has 0 aliphatic carbocycles. The van der Waals surface area contributed by atoms with E-state index in [0.717, 1.165) is 11.1 Å². The van der Waals surface area contributed by atoms with E-state index in [2.05, 4.69) is 10.6 Å². The Kier molecular flexibility index (Phi) is 8.31. The fraction of sp³-hybridized carbons (Fsp3) is 0.300. The van der Waals surface area contributed by atoms with Crippen molar-refractivity contribution in [2.45, 2.75) is 39.5 Å². The Morgan fingerprint density at radius 1 is 1.00 bits per heavy atom. The van der Waals surface area contributed by atoms with Crippen molar-refractivity contribution in [3.63, 3.8) is 0 Å². The second-order valence-electron chi connectivity index (χ2n) is 9.78. The van der Waals surface area contributed by atoms with Crippen LogP contribution in [0.4, 0.5) is 10.5 Å². The molecule has 2 atom stereocenters. The number of anilines is 1. The van der Waals surface area contributed by atoms with Crippen LogP contribution >= 0.6 is 0 Å². The number of carbonyl (C=O) groups excluding carboxylic acids is 3. The van der Waals surface area contributed by atoms with E-state index in [0.29, 0.717) is 29.1 Å². The first-order chi connectivity index (χ1) is 18.3. The Labute approximate surface area is 222 Å². The number of carbonyl (C=O) groups is 3. The molecule has 8 heteroatoms. The number of cyclic esters (lactones) is 1. The van der Waals surface area contributed by atoms with Crippen molar-refractivity contribution in [2.24, 2.45) is 5.92 Å². The lowest BCUT2D eigenvalue weighted by Crippen LogP contribution is -2.47. The summed E-state index contributed by atoms with van der Waals surface area (Å²) in [6.45, 7) is 6.76. The molecule has 8 nitrogen and oxygen atoms in total. The molecule has 0 spiro atoms. The number of aryl methyl sites for hydroxylation is 1. The number of methoxy groups -OCH3 is 1. The second-order valence-corrected chi connectivity index (χ2v) is 9.78. The van der Waals surface area contributed by atoms with E-state index in [-0.39, 0.29) is 24.3 Å². The first-order valence-electron chi connectivity index (χ1n) is 12.6. The minimum Gasteiger partial charge on any atom is -0.496 e. The maximum absolute atomic E-state index is 13.3. The monoisotopic (exact) mass is 515 g/mol. The molecule has 4 rings (SSSR count). The first-order valence-corrected chi connectivity index (χ1v) is 12.6. The average molecular weight is 516 g/mol. The highest BCUT2D eigenvalue weighted by Crippen LogP contribution is 2.34. The molecular weight excluding hydrogens is 482 g/mol. The van der Waals surface area contributed by atoms with Crippen molar-refractivity contribution in [3.05, 3.63) is 95.1 Å². The van der Waals surface area contributed by atoms with Crippen molar-refractivity contribution in [3.8, 4) is 5.75 Å². The topological polar surface area (TPSA) is 97.0 Å². The van der Waals surface area contributed by atoms with Gasteiger partial charge >= 0.3 is 6.09 Å². The predicted octanol–water partition coefficient (Wildman–Crippen LogP) is 5.09. The molecule has 2 N–H and O–H groups in total. The van der Waals surface area contributed by atoms with E-state index in [1.165, 1.54) is 12.0 Å². The van der Waals surface area contributed by atoms with Crippen molar-refractivity contribution in [1.82, 2.24) is 10.2 Å². The normalized spacial score (nSPS) is 16.8. The lowest BCUT2D eigenvalue weighted by molar-refractivity contribution is -0.126. The van der Waals surface area contributed by atoms with Gasteiger partial charge in [-0.05, 0) is 48.2 Å². The summed E-state index contributed by atoms with van der Waals surface area (Å²) in [7, 11) is 1.51. The van der Waals surface area contributed by atoms with Crippen LogP contribution in [0.5, 0.6) is 5.75 Å². The van der Waals surface area contributed by atoms with Gasteiger partial charge in [0.1, 0.15) is 5.75 Å². The van der Waals surface area contributed by atoms with Crippen LogP contribution in [0, 0.1) is 12.8 Å². The molecule has 3 aromatic rings. The number of para-hydroxylation sites is 1. The molecule has 198 valence electrons. The smallest absolute Gasteiger partial charge is 0.411 e. The van der Waals surface area contributed by atoms with Gasteiger partial charge in [-0.2, -0.15) is 0 Å². The van der Waals surface area contributed by atoms with Gasteiger partial charge in [-0.1, -0.05) is 67.9 Å². The van der Waals surface area contributed by atoms with Crippen LogP contribution in [0.15, 0.2) is 72.8 Å². The summed E-state index contributed by atoms with van der Waals surface area (Å²) in [4.78, 5) is 40.5. The molecule has 3 aromatic carbocycles. The number of hydrogen-bond donors (Lipinski definition) is 2. The number of ether oxygens (including phenoxy) is 2.